The van der Waals surface area contributed by atoms with E-state index in [-0.39, 0.29) is 0 Å². The SMILES string of the molecule is COc1ccc(C[C@H](NC(=O)OC(C)(C)C)c2nnn(CSC)n2)cc1. The number of aromatic nitrogens is 4. The number of carbonyl (C=O) groups excluding carboxylic acids is 1. The molecular weight excluding hydrogens is 354 g/mol. The molecule has 0 radical (unpaired) electrons. The second-order valence-corrected chi connectivity index (χ2v) is 7.52. The summed E-state index contributed by atoms with van der Waals surface area (Å²) in [5.74, 6) is 1.81. The molecule has 2 aromatic rings. The van der Waals surface area contributed by atoms with Crippen molar-refractivity contribution >= 4 is 17.9 Å². The van der Waals surface area contributed by atoms with Gasteiger partial charge in [-0.3, -0.25) is 0 Å². The molecule has 26 heavy (non-hydrogen) atoms. The van der Waals surface area contributed by atoms with Crippen LogP contribution in [0.25, 0.3) is 0 Å². The molecular formula is C17H25N5O3S. The zero-order valence-electron chi connectivity index (χ0n) is 15.7. The summed E-state index contributed by atoms with van der Waals surface area (Å²) in [7, 11) is 1.62. The van der Waals surface area contributed by atoms with Crippen molar-refractivity contribution in [3.8, 4) is 5.75 Å². The minimum absolute atomic E-state index is 0.445. The molecule has 8 nitrogen and oxygen atoms in total. The van der Waals surface area contributed by atoms with Gasteiger partial charge in [-0.15, -0.1) is 22.0 Å². The van der Waals surface area contributed by atoms with E-state index in [4.69, 9.17) is 9.47 Å². The fourth-order valence-corrected chi connectivity index (χ4v) is 2.56. The van der Waals surface area contributed by atoms with Crippen LogP contribution in [0.1, 0.15) is 38.2 Å². The van der Waals surface area contributed by atoms with Gasteiger partial charge in [0, 0.05) is 6.42 Å². The summed E-state index contributed by atoms with van der Waals surface area (Å²) in [5.41, 5.74) is 0.423. The van der Waals surface area contributed by atoms with Crippen LogP contribution in [-0.2, 0) is 17.0 Å². The Kier molecular flexibility index (Phi) is 6.84. The van der Waals surface area contributed by atoms with Crippen molar-refractivity contribution < 1.29 is 14.3 Å². The van der Waals surface area contributed by atoms with Gasteiger partial charge in [0.2, 0.25) is 0 Å². The Morgan fingerprint density at radius 3 is 2.58 bits per heavy atom. The Hall–Kier alpha value is -2.29. The van der Waals surface area contributed by atoms with Gasteiger partial charge in [0.25, 0.3) is 0 Å². The van der Waals surface area contributed by atoms with Gasteiger partial charge in [-0.05, 0) is 49.9 Å². The zero-order chi connectivity index (χ0) is 19.2. The first-order chi connectivity index (χ1) is 12.3. The fourth-order valence-electron chi connectivity index (χ4n) is 2.22. The quantitative estimate of drug-likeness (QED) is 0.791. The minimum atomic E-state index is -0.585. The number of alkyl carbamates (subject to hydrolysis) is 1. The highest BCUT2D eigenvalue weighted by Gasteiger charge is 2.24. The molecule has 0 bridgehead atoms. The van der Waals surface area contributed by atoms with Gasteiger partial charge in [0.15, 0.2) is 5.82 Å². The molecule has 0 spiro atoms. The molecule has 0 aliphatic heterocycles. The highest BCUT2D eigenvalue weighted by Crippen LogP contribution is 2.19. The number of thioether (sulfide) groups is 1. The summed E-state index contributed by atoms with van der Waals surface area (Å²) in [6.07, 6.45) is 1.95. The number of tetrazole rings is 1. The Balaban J connectivity index is 2.17. The van der Waals surface area contributed by atoms with Crippen molar-refractivity contribution in [2.75, 3.05) is 13.4 Å². The maximum Gasteiger partial charge on any atom is 0.408 e. The van der Waals surface area contributed by atoms with Crippen LogP contribution in [0.4, 0.5) is 4.79 Å². The summed E-state index contributed by atoms with van der Waals surface area (Å²) < 4.78 is 10.5. The smallest absolute Gasteiger partial charge is 0.408 e. The molecule has 0 aliphatic carbocycles. The lowest BCUT2D eigenvalue weighted by atomic mass is 10.1. The maximum absolute atomic E-state index is 12.2. The van der Waals surface area contributed by atoms with Crippen LogP contribution in [0, 0.1) is 0 Å². The van der Waals surface area contributed by atoms with Gasteiger partial charge in [-0.1, -0.05) is 12.1 Å². The predicted octanol–water partition coefficient (Wildman–Crippen LogP) is 2.81. The normalized spacial score (nSPS) is 12.5. The molecule has 0 aliphatic rings. The number of methoxy groups -OCH3 is 1. The third-order valence-corrected chi connectivity index (χ3v) is 3.80. The summed E-state index contributed by atoms with van der Waals surface area (Å²) >= 11 is 1.58. The molecule has 142 valence electrons. The molecule has 1 N–H and O–H groups in total. The molecule has 1 amide bonds. The number of hydrogen-bond acceptors (Lipinski definition) is 7. The summed E-state index contributed by atoms with van der Waals surface area (Å²) in [6.45, 7) is 5.45. The largest absolute Gasteiger partial charge is 0.497 e. The van der Waals surface area contributed by atoms with E-state index in [1.54, 1.807) is 18.9 Å². The number of hydrogen-bond donors (Lipinski definition) is 1. The summed E-state index contributed by atoms with van der Waals surface area (Å²) in [6, 6.07) is 7.17. The second kappa shape index (κ2) is 8.88. The molecule has 1 aromatic carbocycles. The number of nitrogens with one attached hydrogen (secondary N) is 1. The third kappa shape index (κ3) is 6.21. The van der Waals surface area contributed by atoms with Crippen LogP contribution in [0.15, 0.2) is 24.3 Å². The average molecular weight is 379 g/mol. The molecule has 9 heteroatoms. The number of nitrogens with zero attached hydrogens (tertiary/aromatic N) is 4. The van der Waals surface area contributed by atoms with Crippen LogP contribution in [0.2, 0.25) is 0 Å². The van der Waals surface area contributed by atoms with E-state index >= 15 is 0 Å². The van der Waals surface area contributed by atoms with Crippen LogP contribution in [-0.4, -0.2) is 45.3 Å². The molecule has 0 fully saturated rings. The molecule has 2 rings (SSSR count). The van der Waals surface area contributed by atoms with Crippen molar-refractivity contribution in [1.82, 2.24) is 25.5 Å². The summed E-state index contributed by atoms with van der Waals surface area (Å²) in [4.78, 5) is 13.7. The van der Waals surface area contributed by atoms with E-state index in [1.165, 1.54) is 4.80 Å². The third-order valence-electron chi connectivity index (χ3n) is 3.31. The van der Waals surface area contributed by atoms with Crippen LogP contribution < -0.4 is 10.1 Å². The molecule has 1 aromatic heterocycles. The maximum atomic E-state index is 12.2. The topological polar surface area (TPSA) is 91.2 Å². The minimum Gasteiger partial charge on any atom is -0.497 e. The molecule has 0 saturated carbocycles. The van der Waals surface area contributed by atoms with Crippen molar-refractivity contribution in [2.45, 2.75) is 44.7 Å². The molecule has 1 atom stereocenters. The van der Waals surface area contributed by atoms with Gasteiger partial charge < -0.3 is 14.8 Å². The van der Waals surface area contributed by atoms with E-state index in [2.05, 4.69) is 20.7 Å². The Morgan fingerprint density at radius 1 is 1.31 bits per heavy atom. The van der Waals surface area contributed by atoms with E-state index in [0.717, 1.165) is 11.3 Å². The lowest BCUT2D eigenvalue weighted by Gasteiger charge is -2.22. The van der Waals surface area contributed by atoms with Gasteiger partial charge >= 0.3 is 6.09 Å². The number of benzene rings is 1. The zero-order valence-corrected chi connectivity index (χ0v) is 16.5. The number of amides is 1. The van der Waals surface area contributed by atoms with E-state index < -0.39 is 17.7 Å². The van der Waals surface area contributed by atoms with Crippen LogP contribution >= 0.6 is 11.8 Å². The van der Waals surface area contributed by atoms with Crippen LogP contribution in [0.5, 0.6) is 5.75 Å². The highest BCUT2D eigenvalue weighted by atomic mass is 32.2. The van der Waals surface area contributed by atoms with Crippen LogP contribution in [0.3, 0.4) is 0 Å². The Labute approximate surface area is 157 Å². The van der Waals surface area contributed by atoms with E-state index in [9.17, 15) is 4.79 Å². The Morgan fingerprint density at radius 2 is 2.00 bits per heavy atom. The van der Waals surface area contributed by atoms with Crippen molar-refractivity contribution in [3.63, 3.8) is 0 Å². The van der Waals surface area contributed by atoms with Crippen molar-refractivity contribution in [3.05, 3.63) is 35.7 Å². The monoisotopic (exact) mass is 379 g/mol. The van der Waals surface area contributed by atoms with Gasteiger partial charge in [-0.2, -0.15) is 4.80 Å². The van der Waals surface area contributed by atoms with Crippen molar-refractivity contribution in [1.29, 1.82) is 0 Å². The molecule has 1 heterocycles. The summed E-state index contributed by atoms with van der Waals surface area (Å²) in [5, 5.41) is 15.3. The highest BCUT2D eigenvalue weighted by molar-refractivity contribution is 7.97. The van der Waals surface area contributed by atoms with Gasteiger partial charge in [0.1, 0.15) is 23.3 Å². The first-order valence-electron chi connectivity index (χ1n) is 8.20. The Bertz CT molecular complexity index is 712. The second-order valence-electron chi connectivity index (χ2n) is 6.69. The lowest BCUT2D eigenvalue weighted by Crippen LogP contribution is -2.36. The first kappa shape index (κ1) is 20.0. The van der Waals surface area contributed by atoms with Gasteiger partial charge in [0.05, 0.1) is 7.11 Å². The number of rotatable bonds is 7. The predicted molar refractivity (Wildman–Crippen MR) is 100 cm³/mol. The standard InChI is InChI=1S/C17H25N5O3S/c1-17(2,3)25-16(23)18-14(15-19-21-22(20-15)11-26-5)10-12-6-8-13(24-4)9-7-12/h6-9,14H,10-11H2,1-5H3,(H,18,23)/t14-/m0/s1. The first-order valence-corrected chi connectivity index (χ1v) is 9.59. The average Bonchev–Trinajstić information content (AvgIpc) is 3.02. The van der Waals surface area contributed by atoms with Crippen molar-refractivity contribution in [2.24, 2.45) is 0 Å². The number of ether oxygens (including phenoxy) is 2. The lowest BCUT2D eigenvalue weighted by molar-refractivity contribution is 0.0501. The van der Waals surface area contributed by atoms with E-state index in [0.29, 0.717) is 18.1 Å². The van der Waals surface area contributed by atoms with Gasteiger partial charge in [-0.25, -0.2) is 4.79 Å². The van der Waals surface area contributed by atoms with E-state index in [1.807, 2.05) is 51.3 Å². The fraction of sp³-hybridized carbons (Fsp3) is 0.529. The molecule has 0 saturated heterocycles. The molecule has 0 unspecified atom stereocenters. The number of carbonyl (C=O) groups is 1.